The highest BCUT2D eigenvalue weighted by Gasteiger charge is 2.29. The Morgan fingerprint density at radius 1 is 0.810 bits per heavy atom. The molecular weight excluding hydrogens is 1010 g/mol. The van der Waals surface area contributed by atoms with E-state index in [-0.39, 0.29) is 36.6 Å². The van der Waals surface area contributed by atoms with Crippen molar-refractivity contribution in [3.05, 3.63) is 192 Å². The second-order valence-corrected chi connectivity index (χ2v) is 20.2. The number of nitrogens with one attached hydrogen (secondary N) is 1. The van der Waals surface area contributed by atoms with Gasteiger partial charge in [0, 0.05) is 121 Å². The van der Waals surface area contributed by atoms with Crippen LogP contribution in [0.1, 0.15) is 85.1 Å². The molecule has 19 heteroatoms. The zero-order chi connectivity index (χ0) is 56.2. The summed E-state index contributed by atoms with van der Waals surface area (Å²) in [5, 5.41) is 19.1. The number of carbonyl (C=O) groups is 2. The Balaban J connectivity index is 0.000000177. The van der Waals surface area contributed by atoms with E-state index in [9.17, 15) is 27.2 Å². The number of aldehydes is 1. The predicted molar refractivity (Wildman–Crippen MR) is 299 cm³/mol. The normalized spacial score (nSPS) is 15.9. The number of aliphatic imine (C=N–C) groups is 1. The van der Waals surface area contributed by atoms with Crippen molar-refractivity contribution < 1.29 is 31.9 Å². The number of hydrogen-bond acceptors (Lipinski definition) is 12. The predicted octanol–water partition coefficient (Wildman–Crippen LogP) is 11.2. The number of aromatic nitrogens is 6. The average Bonchev–Trinajstić information content (AvgIpc) is 4.22. The number of piperidine rings is 2. The van der Waals surface area contributed by atoms with Gasteiger partial charge in [-0.25, -0.2) is 22.4 Å². The molecule has 2 unspecified atom stereocenters. The van der Waals surface area contributed by atoms with Crippen molar-refractivity contribution in [2.75, 3.05) is 31.9 Å². The molecule has 5 N–H and O–H groups in total. The van der Waals surface area contributed by atoms with Crippen LogP contribution in [0.2, 0.25) is 0 Å². The standard InChI is InChI=1S/C27H28F2N6.C26H30N6O2.C7H4F2O/c28-24-4-1-5-25(29)23(24)17-35-12-2-3-21(16-35)34-15-20(14-30)19-6-7-26(31)22(13-19)27(32)18-8-10-33-11-9-18;1-26(2,3)34-25(33)31-13-5-6-21(17-31)32-16-20(15-28-32)19-7-8-23-22(14-19)24(29-30(23)4)18-9-11-27-12-10-18;8-6-2-1-3-7(9)5(6)4-10/h1,4-11,13-15,21,32H,2-3,12,16-17,30-31H2;7-12,14-16,21H,5-6,13,17H2,1-4H3;1-4H. The minimum Gasteiger partial charge on any atom is -0.444 e. The number of fused-ring (bicyclic) bond motifs is 1. The molecule has 0 spiro atoms. The van der Waals surface area contributed by atoms with E-state index < -0.39 is 34.4 Å². The van der Waals surface area contributed by atoms with Crippen LogP contribution < -0.4 is 11.5 Å². The third kappa shape index (κ3) is 14.2. The summed E-state index contributed by atoms with van der Waals surface area (Å²) in [4.78, 5) is 39.2. The first kappa shape index (κ1) is 56.4. The van der Waals surface area contributed by atoms with Crippen molar-refractivity contribution in [1.29, 1.82) is 5.41 Å². The van der Waals surface area contributed by atoms with Crippen molar-refractivity contribution in [3.8, 4) is 22.4 Å². The molecule has 0 saturated carbocycles. The number of nitrogens with two attached hydrogens (primary N) is 2. The monoisotopic (exact) mass is 1070 g/mol. The fourth-order valence-electron chi connectivity index (χ4n) is 9.37. The molecule has 10 rings (SSSR count). The lowest BCUT2D eigenvalue weighted by atomic mass is 9.97. The van der Waals surface area contributed by atoms with Crippen molar-refractivity contribution >= 4 is 46.5 Å². The molecule has 1 amide bonds. The smallest absolute Gasteiger partial charge is 0.410 e. The molecule has 4 aromatic heterocycles. The first-order valence-corrected chi connectivity index (χ1v) is 25.8. The topological polar surface area (TPSA) is 200 Å². The van der Waals surface area contributed by atoms with Crippen LogP contribution in [0.15, 0.2) is 145 Å². The van der Waals surface area contributed by atoms with E-state index in [0.29, 0.717) is 41.2 Å². The fourth-order valence-corrected chi connectivity index (χ4v) is 9.37. The molecule has 6 heterocycles. The fraction of sp³-hybridized carbons (Fsp3) is 0.267. The lowest BCUT2D eigenvalue weighted by Crippen LogP contribution is -2.43. The second-order valence-electron chi connectivity index (χ2n) is 20.2. The molecule has 0 bridgehead atoms. The number of hydrogen-bond donors (Lipinski definition) is 3. The summed E-state index contributed by atoms with van der Waals surface area (Å²) >= 11 is 0. The molecule has 79 heavy (non-hydrogen) atoms. The molecule has 408 valence electrons. The maximum absolute atomic E-state index is 14.1. The number of likely N-dealkylation sites (tertiary alicyclic amines) is 2. The molecule has 0 radical (unpaired) electrons. The summed E-state index contributed by atoms with van der Waals surface area (Å²) in [6.07, 6.45) is 17.6. The maximum Gasteiger partial charge on any atom is 0.410 e. The number of aryl methyl sites for hydroxylation is 1. The zero-order valence-corrected chi connectivity index (χ0v) is 44.4. The van der Waals surface area contributed by atoms with Gasteiger partial charge in [-0.1, -0.05) is 24.3 Å². The van der Waals surface area contributed by atoms with Gasteiger partial charge in [0.05, 0.1) is 35.1 Å². The summed E-state index contributed by atoms with van der Waals surface area (Å²) in [5.74, 6) is -2.70. The molecule has 0 aliphatic carbocycles. The average molecular weight is 1080 g/mol. The number of carbonyl (C=O) groups excluding carboxylic acids is 2. The first-order valence-electron chi connectivity index (χ1n) is 25.8. The van der Waals surface area contributed by atoms with E-state index in [1.807, 2.05) is 72.5 Å². The lowest BCUT2D eigenvalue weighted by Gasteiger charge is -2.34. The number of rotatable bonds is 11. The quantitative estimate of drug-likeness (QED) is 0.0485. The summed E-state index contributed by atoms with van der Waals surface area (Å²) < 4.78 is 62.4. The van der Waals surface area contributed by atoms with Crippen LogP contribution in [-0.4, -0.2) is 101 Å². The highest BCUT2D eigenvalue weighted by molar-refractivity contribution is 6.16. The van der Waals surface area contributed by atoms with E-state index in [4.69, 9.17) is 31.7 Å². The van der Waals surface area contributed by atoms with Gasteiger partial charge in [-0.05, 0) is 137 Å². The van der Waals surface area contributed by atoms with Crippen molar-refractivity contribution in [3.63, 3.8) is 0 Å². The van der Waals surface area contributed by atoms with Gasteiger partial charge >= 0.3 is 6.09 Å². The molecular formula is C60H62F4N12O3. The number of nitrogens with zero attached hydrogens (tertiary/aromatic N) is 9. The highest BCUT2D eigenvalue weighted by atomic mass is 19.1. The van der Waals surface area contributed by atoms with Crippen molar-refractivity contribution in [2.24, 2.45) is 17.8 Å². The minimum absolute atomic E-state index is 0.0168. The van der Waals surface area contributed by atoms with Gasteiger partial charge in [0.2, 0.25) is 0 Å². The molecule has 8 aromatic rings. The maximum atomic E-state index is 14.1. The van der Waals surface area contributed by atoms with E-state index in [0.717, 1.165) is 89.8 Å². The van der Waals surface area contributed by atoms with E-state index in [2.05, 4.69) is 39.5 Å². The Hall–Kier alpha value is -8.84. The number of nitrogen functional groups attached to an aromatic ring is 1. The number of pyridine rings is 2. The van der Waals surface area contributed by atoms with Gasteiger partial charge in [-0.3, -0.25) is 39.4 Å². The molecule has 2 fully saturated rings. The van der Waals surface area contributed by atoms with Crippen LogP contribution >= 0.6 is 0 Å². The van der Waals surface area contributed by atoms with Crippen LogP contribution in [0.5, 0.6) is 0 Å². The van der Waals surface area contributed by atoms with Gasteiger partial charge in [0.25, 0.3) is 0 Å². The number of allylic oxidation sites excluding steroid dienone is 1. The molecule has 4 aromatic carbocycles. The Kier molecular flexibility index (Phi) is 18.2. The Bertz CT molecular complexity index is 3450. The molecule has 2 atom stereocenters. The van der Waals surface area contributed by atoms with Gasteiger partial charge < -0.3 is 21.1 Å². The van der Waals surface area contributed by atoms with E-state index >= 15 is 0 Å². The first-order chi connectivity index (χ1) is 38.0. The second kappa shape index (κ2) is 25.5. The minimum atomic E-state index is -0.824. The molecule has 2 saturated heterocycles. The zero-order valence-electron chi connectivity index (χ0n) is 44.4. The SMILES string of the molecule is Cn1nc(-c2ccncc2)c2cc(-c3cnn(C4CCCN(C(=O)OC(C)(C)C)C4)c3)ccc21.N=C(c1ccncc1)c1cc(C(C=NC2CCCN(Cc3c(F)cccc3F)C2)=CN)ccc1N.O=Cc1c(F)cccc1F. The molecule has 2 aliphatic heterocycles. The highest BCUT2D eigenvalue weighted by Crippen LogP contribution is 2.33. The number of ether oxygens (including phenoxy) is 1. The number of amides is 1. The van der Waals surface area contributed by atoms with Crippen LogP contribution in [0.3, 0.4) is 0 Å². The summed E-state index contributed by atoms with van der Waals surface area (Å²) in [5.41, 5.74) is 19.9. The van der Waals surface area contributed by atoms with Crippen LogP contribution in [0.25, 0.3) is 38.9 Å². The lowest BCUT2D eigenvalue weighted by molar-refractivity contribution is 0.0167. The number of benzene rings is 4. The summed E-state index contributed by atoms with van der Waals surface area (Å²) in [7, 11) is 1.96. The van der Waals surface area contributed by atoms with Crippen LogP contribution in [-0.2, 0) is 18.3 Å². The van der Waals surface area contributed by atoms with Crippen molar-refractivity contribution in [1.82, 2.24) is 39.3 Å². The Labute approximate surface area is 455 Å². The van der Waals surface area contributed by atoms with Gasteiger partial charge in [-0.15, -0.1) is 0 Å². The number of halogens is 4. The molecule has 15 nitrogen and oxygen atoms in total. The summed E-state index contributed by atoms with van der Waals surface area (Å²) in [6, 6.07) is 26.6. The van der Waals surface area contributed by atoms with Gasteiger partial charge in [-0.2, -0.15) is 10.2 Å². The third-order valence-electron chi connectivity index (χ3n) is 13.4. The number of anilines is 1. The Morgan fingerprint density at radius 3 is 2.14 bits per heavy atom. The Morgan fingerprint density at radius 2 is 1.48 bits per heavy atom. The third-order valence-corrected chi connectivity index (χ3v) is 13.4. The van der Waals surface area contributed by atoms with Crippen molar-refractivity contribution in [2.45, 2.75) is 70.7 Å². The largest absolute Gasteiger partial charge is 0.444 e. The van der Waals surface area contributed by atoms with Gasteiger partial charge in [0.15, 0.2) is 6.29 Å². The molecule has 2 aliphatic rings. The van der Waals surface area contributed by atoms with Crippen LogP contribution in [0, 0.1) is 28.7 Å². The van der Waals surface area contributed by atoms with E-state index in [1.54, 1.807) is 54.1 Å². The van der Waals surface area contributed by atoms with E-state index in [1.165, 1.54) is 30.5 Å². The summed E-state index contributed by atoms with van der Waals surface area (Å²) in [6.45, 7) is 8.57. The van der Waals surface area contributed by atoms with Crippen LogP contribution in [0.4, 0.5) is 28.0 Å². The van der Waals surface area contributed by atoms with Gasteiger partial charge in [0.1, 0.15) is 34.6 Å².